The standard InChI is InChI=1S/C11H16O2S/c12-8-10(9-13)6-7-14-11-4-2-1-3-5-11/h1-5,10,12-13H,6-9H2. The van der Waals surface area contributed by atoms with Gasteiger partial charge >= 0.3 is 0 Å². The molecule has 0 saturated carbocycles. The molecule has 14 heavy (non-hydrogen) atoms. The van der Waals surface area contributed by atoms with E-state index in [-0.39, 0.29) is 19.1 Å². The summed E-state index contributed by atoms with van der Waals surface area (Å²) in [6.07, 6.45) is 0.854. The van der Waals surface area contributed by atoms with Crippen LogP contribution in [0.25, 0.3) is 0 Å². The van der Waals surface area contributed by atoms with Crippen molar-refractivity contribution in [3.63, 3.8) is 0 Å². The van der Waals surface area contributed by atoms with Crippen LogP contribution in [-0.4, -0.2) is 29.2 Å². The van der Waals surface area contributed by atoms with E-state index < -0.39 is 0 Å². The van der Waals surface area contributed by atoms with Crippen molar-refractivity contribution in [2.24, 2.45) is 5.92 Å². The van der Waals surface area contributed by atoms with Crippen molar-refractivity contribution < 1.29 is 10.2 Å². The van der Waals surface area contributed by atoms with Crippen molar-refractivity contribution in [1.82, 2.24) is 0 Å². The summed E-state index contributed by atoms with van der Waals surface area (Å²) in [6, 6.07) is 10.2. The summed E-state index contributed by atoms with van der Waals surface area (Å²) in [5, 5.41) is 17.7. The number of thioether (sulfide) groups is 1. The number of rotatable bonds is 6. The highest BCUT2D eigenvalue weighted by Gasteiger charge is 2.05. The van der Waals surface area contributed by atoms with E-state index in [2.05, 4.69) is 12.1 Å². The second-order valence-electron chi connectivity index (χ2n) is 3.18. The third-order valence-electron chi connectivity index (χ3n) is 2.05. The molecule has 1 rings (SSSR count). The fraction of sp³-hybridized carbons (Fsp3) is 0.455. The zero-order chi connectivity index (χ0) is 10.2. The van der Waals surface area contributed by atoms with Crippen molar-refractivity contribution in [1.29, 1.82) is 0 Å². The maximum Gasteiger partial charge on any atom is 0.0481 e. The first-order valence-electron chi connectivity index (χ1n) is 4.76. The van der Waals surface area contributed by atoms with Crippen LogP contribution < -0.4 is 0 Å². The van der Waals surface area contributed by atoms with Crippen molar-refractivity contribution in [2.45, 2.75) is 11.3 Å². The van der Waals surface area contributed by atoms with Crippen molar-refractivity contribution >= 4 is 11.8 Å². The van der Waals surface area contributed by atoms with Crippen molar-refractivity contribution in [3.8, 4) is 0 Å². The summed E-state index contributed by atoms with van der Waals surface area (Å²) in [4.78, 5) is 1.24. The van der Waals surface area contributed by atoms with Gasteiger partial charge in [0.2, 0.25) is 0 Å². The van der Waals surface area contributed by atoms with E-state index in [0.29, 0.717) is 0 Å². The Morgan fingerprint density at radius 3 is 2.29 bits per heavy atom. The lowest BCUT2D eigenvalue weighted by atomic mass is 10.1. The van der Waals surface area contributed by atoms with Crippen LogP contribution in [-0.2, 0) is 0 Å². The fourth-order valence-electron chi connectivity index (χ4n) is 1.10. The van der Waals surface area contributed by atoms with Gasteiger partial charge in [-0.15, -0.1) is 11.8 Å². The molecule has 1 aromatic rings. The average Bonchev–Trinajstić information content (AvgIpc) is 2.26. The fourth-order valence-corrected chi connectivity index (χ4v) is 2.14. The van der Waals surface area contributed by atoms with Crippen LogP contribution in [0.2, 0.25) is 0 Å². The molecule has 0 aliphatic carbocycles. The third kappa shape index (κ3) is 4.13. The second kappa shape index (κ2) is 6.87. The molecule has 2 nitrogen and oxygen atoms in total. The zero-order valence-electron chi connectivity index (χ0n) is 8.10. The first-order chi connectivity index (χ1) is 6.86. The van der Waals surface area contributed by atoms with E-state index in [1.54, 1.807) is 11.8 Å². The summed E-state index contributed by atoms with van der Waals surface area (Å²) in [5.41, 5.74) is 0. The average molecular weight is 212 g/mol. The summed E-state index contributed by atoms with van der Waals surface area (Å²) in [5.74, 6) is 0.974. The van der Waals surface area contributed by atoms with Gasteiger partial charge in [-0.25, -0.2) is 0 Å². The largest absolute Gasteiger partial charge is 0.396 e. The molecule has 3 heteroatoms. The van der Waals surface area contributed by atoms with Gasteiger partial charge in [0, 0.05) is 24.0 Å². The monoisotopic (exact) mass is 212 g/mol. The molecule has 78 valence electrons. The van der Waals surface area contributed by atoms with E-state index in [4.69, 9.17) is 10.2 Å². The number of hydrogen-bond donors (Lipinski definition) is 2. The second-order valence-corrected chi connectivity index (χ2v) is 4.35. The Labute approximate surface area is 89.0 Å². The van der Waals surface area contributed by atoms with Crippen LogP contribution in [0.15, 0.2) is 35.2 Å². The van der Waals surface area contributed by atoms with E-state index in [1.165, 1.54) is 4.90 Å². The van der Waals surface area contributed by atoms with E-state index >= 15 is 0 Å². The van der Waals surface area contributed by atoms with Crippen molar-refractivity contribution in [2.75, 3.05) is 19.0 Å². The lowest BCUT2D eigenvalue weighted by molar-refractivity contribution is 0.148. The minimum Gasteiger partial charge on any atom is -0.396 e. The number of aliphatic hydroxyl groups is 2. The van der Waals surface area contributed by atoms with Gasteiger partial charge in [0.1, 0.15) is 0 Å². The van der Waals surface area contributed by atoms with Gasteiger partial charge in [-0.1, -0.05) is 18.2 Å². The van der Waals surface area contributed by atoms with E-state index in [9.17, 15) is 0 Å². The third-order valence-corrected chi connectivity index (χ3v) is 3.10. The van der Waals surface area contributed by atoms with Gasteiger partial charge in [-0.2, -0.15) is 0 Å². The van der Waals surface area contributed by atoms with Crippen LogP contribution >= 0.6 is 11.8 Å². The molecule has 2 N–H and O–H groups in total. The van der Waals surface area contributed by atoms with Gasteiger partial charge in [0.05, 0.1) is 0 Å². The zero-order valence-corrected chi connectivity index (χ0v) is 8.91. The quantitative estimate of drug-likeness (QED) is 0.706. The lowest BCUT2D eigenvalue weighted by Gasteiger charge is -2.09. The lowest BCUT2D eigenvalue weighted by Crippen LogP contribution is -2.11. The van der Waals surface area contributed by atoms with Gasteiger partial charge in [0.25, 0.3) is 0 Å². The summed E-state index contributed by atoms with van der Waals surface area (Å²) in [6.45, 7) is 0.150. The minimum atomic E-state index is 0.0335. The smallest absolute Gasteiger partial charge is 0.0481 e. The highest BCUT2D eigenvalue weighted by atomic mass is 32.2. The first-order valence-corrected chi connectivity index (χ1v) is 5.75. The van der Waals surface area contributed by atoms with Crippen LogP contribution in [0, 0.1) is 5.92 Å². The molecular weight excluding hydrogens is 196 g/mol. The highest BCUT2D eigenvalue weighted by molar-refractivity contribution is 7.99. The van der Waals surface area contributed by atoms with Gasteiger partial charge in [-0.05, 0) is 24.3 Å². The molecule has 0 aromatic heterocycles. The molecule has 0 amide bonds. The molecule has 0 saturated heterocycles. The van der Waals surface area contributed by atoms with Crippen LogP contribution in [0.4, 0.5) is 0 Å². The minimum absolute atomic E-state index is 0.0335. The van der Waals surface area contributed by atoms with Crippen LogP contribution in [0.1, 0.15) is 6.42 Å². The Morgan fingerprint density at radius 2 is 1.71 bits per heavy atom. The normalized spacial score (nSPS) is 10.8. The number of aliphatic hydroxyl groups excluding tert-OH is 2. The molecule has 0 aliphatic heterocycles. The Balaban J connectivity index is 2.21. The molecule has 0 aliphatic rings. The molecule has 0 bridgehead atoms. The summed E-state index contributed by atoms with van der Waals surface area (Å²) in [7, 11) is 0. The topological polar surface area (TPSA) is 40.5 Å². The molecule has 0 atom stereocenters. The van der Waals surface area contributed by atoms with Gasteiger partial charge in [-0.3, -0.25) is 0 Å². The SMILES string of the molecule is OCC(CO)CCSc1ccccc1. The Hall–Kier alpha value is -0.510. The molecular formula is C11H16O2S. The first kappa shape index (κ1) is 11.6. The molecule has 0 spiro atoms. The number of benzene rings is 1. The highest BCUT2D eigenvalue weighted by Crippen LogP contribution is 2.19. The maximum atomic E-state index is 8.85. The Kier molecular flexibility index (Phi) is 5.68. The van der Waals surface area contributed by atoms with Crippen LogP contribution in [0.5, 0.6) is 0 Å². The Morgan fingerprint density at radius 1 is 1.07 bits per heavy atom. The number of hydrogen-bond acceptors (Lipinski definition) is 3. The van der Waals surface area contributed by atoms with Gasteiger partial charge < -0.3 is 10.2 Å². The predicted octanol–water partition coefficient (Wildman–Crippen LogP) is 1.77. The van der Waals surface area contributed by atoms with Crippen LogP contribution in [0.3, 0.4) is 0 Å². The molecule has 1 aromatic carbocycles. The molecule has 0 unspecified atom stereocenters. The molecule has 0 radical (unpaired) electrons. The van der Waals surface area contributed by atoms with Crippen molar-refractivity contribution in [3.05, 3.63) is 30.3 Å². The predicted molar refractivity (Wildman–Crippen MR) is 59.4 cm³/mol. The van der Waals surface area contributed by atoms with Gasteiger partial charge in [0.15, 0.2) is 0 Å². The maximum absolute atomic E-state index is 8.85. The summed E-state index contributed by atoms with van der Waals surface area (Å²) >= 11 is 1.76. The van der Waals surface area contributed by atoms with E-state index in [0.717, 1.165) is 12.2 Å². The summed E-state index contributed by atoms with van der Waals surface area (Å²) < 4.78 is 0. The molecule has 0 heterocycles. The Bertz CT molecular complexity index is 234. The molecule has 0 fully saturated rings. The van der Waals surface area contributed by atoms with E-state index in [1.807, 2.05) is 18.2 Å².